The van der Waals surface area contributed by atoms with E-state index in [2.05, 4.69) is 9.68 Å². The van der Waals surface area contributed by atoms with Crippen molar-refractivity contribution in [2.75, 3.05) is 5.73 Å². The molecular weight excluding hydrogens is 292 g/mol. The van der Waals surface area contributed by atoms with Crippen molar-refractivity contribution in [1.82, 2.24) is 5.16 Å². The number of hydrogen-bond acceptors (Lipinski definition) is 3. The highest BCUT2D eigenvalue weighted by molar-refractivity contribution is 6.39. The molecule has 0 saturated heterocycles. The van der Waals surface area contributed by atoms with Gasteiger partial charge in [0.2, 0.25) is 5.88 Å². The molecular formula is C10H5Cl2F3N2O. The summed E-state index contributed by atoms with van der Waals surface area (Å²) in [5.41, 5.74) is 3.61. The average molecular weight is 297 g/mol. The second kappa shape index (κ2) is 4.37. The lowest BCUT2D eigenvalue weighted by Crippen LogP contribution is -2.07. The first-order valence-corrected chi connectivity index (χ1v) is 5.34. The van der Waals surface area contributed by atoms with Crippen molar-refractivity contribution in [3.63, 3.8) is 0 Å². The zero-order chi connectivity index (χ0) is 13.5. The SMILES string of the molecule is Nc1onc(C(F)(F)F)c1-c1c(Cl)cccc1Cl. The van der Waals surface area contributed by atoms with Crippen molar-refractivity contribution in [1.29, 1.82) is 0 Å². The van der Waals surface area contributed by atoms with Gasteiger partial charge in [-0.25, -0.2) is 0 Å². The third-order valence-electron chi connectivity index (χ3n) is 2.20. The molecule has 0 saturated carbocycles. The molecule has 1 aromatic heterocycles. The van der Waals surface area contributed by atoms with E-state index in [-0.39, 0.29) is 15.6 Å². The Labute approximate surface area is 109 Å². The van der Waals surface area contributed by atoms with E-state index >= 15 is 0 Å². The Hall–Kier alpha value is -1.40. The van der Waals surface area contributed by atoms with Gasteiger partial charge in [-0.2, -0.15) is 13.2 Å². The number of anilines is 1. The summed E-state index contributed by atoms with van der Waals surface area (Å²) in [4.78, 5) is 0. The predicted molar refractivity (Wildman–Crippen MR) is 61.4 cm³/mol. The lowest BCUT2D eigenvalue weighted by Gasteiger charge is -2.08. The van der Waals surface area contributed by atoms with Gasteiger partial charge < -0.3 is 10.3 Å². The Balaban J connectivity index is 2.76. The Kier molecular flexibility index (Phi) is 3.16. The standard InChI is InChI=1S/C10H5Cl2F3N2O/c11-4-2-1-3-5(12)6(4)7-8(10(13,14)15)17-18-9(7)16/h1-3H,16H2. The maximum absolute atomic E-state index is 12.7. The molecule has 2 rings (SSSR count). The van der Waals surface area contributed by atoms with Crippen molar-refractivity contribution in [3.8, 4) is 11.1 Å². The van der Waals surface area contributed by atoms with Gasteiger partial charge in [0.15, 0.2) is 5.69 Å². The molecule has 0 bridgehead atoms. The number of nitrogen functional groups attached to an aromatic ring is 1. The number of aromatic nitrogens is 1. The van der Waals surface area contributed by atoms with Crippen LogP contribution < -0.4 is 5.73 Å². The molecule has 0 atom stereocenters. The summed E-state index contributed by atoms with van der Waals surface area (Å²) in [6.07, 6.45) is -4.71. The Morgan fingerprint density at radius 3 is 2.17 bits per heavy atom. The maximum Gasteiger partial charge on any atom is 0.437 e. The second-order valence-corrected chi connectivity index (χ2v) is 4.18. The number of benzene rings is 1. The van der Waals surface area contributed by atoms with Crippen LogP contribution in [-0.4, -0.2) is 5.16 Å². The van der Waals surface area contributed by atoms with E-state index in [4.69, 9.17) is 28.9 Å². The van der Waals surface area contributed by atoms with Crippen molar-refractivity contribution in [3.05, 3.63) is 33.9 Å². The zero-order valence-corrected chi connectivity index (χ0v) is 10.1. The van der Waals surface area contributed by atoms with Crippen LogP contribution in [0.4, 0.5) is 19.1 Å². The minimum atomic E-state index is -4.71. The van der Waals surface area contributed by atoms with Crippen LogP contribution in [0.5, 0.6) is 0 Å². The van der Waals surface area contributed by atoms with Gasteiger partial charge in [-0.05, 0) is 12.1 Å². The molecule has 8 heteroatoms. The monoisotopic (exact) mass is 296 g/mol. The summed E-state index contributed by atoms with van der Waals surface area (Å²) in [5.74, 6) is -0.489. The highest BCUT2D eigenvalue weighted by atomic mass is 35.5. The summed E-state index contributed by atoms with van der Waals surface area (Å²) in [7, 11) is 0. The third-order valence-corrected chi connectivity index (χ3v) is 2.83. The van der Waals surface area contributed by atoms with Crippen molar-refractivity contribution < 1.29 is 17.7 Å². The van der Waals surface area contributed by atoms with E-state index in [1.807, 2.05) is 0 Å². The van der Waals surface area contributed by atoms with E-state index in [0.717, 1.165) is 0 Å². The molecule has 0 amide bonds. The molecule has 0 aliphatic carbocycles. The van der Waals surface area contributed by atoms with Crippen LogP contribution in [0.3, 0.4) is 0 Å². The van der Waals surface area contributed by atoms with Gasteiger partial charge in [0, 0.05) is 5.56 Å². The minimum absolute atomic E-state index is 0.0305. The molecule has 0 radical (unpaired) electrons. The first kappa shape index (κ1) is 13.0. The number of nitrogens with zero attached hydrogens (tertiary/aromatic N) is 1. The van der Waals surface area contributed by atoms with Gasteiger partial charge in [0.25, 0.3) is 0 Å². The van der Waals surface area contributed by atoms with Gasteiger partial charge in [0.1, 0.15) is 0 Å². The number of rotatable bonds is 1. The molecule has 96 valence electrons. The normalized spacial score (nSPS) is 11.8. The van der Waals surface area contributed by atoms with E-state index in [0.29, 0.717) is 0 Å². The number of nitrogens with two attached hydrogens (primary N) is 1. The lowest BCUT2D eigenvalue weighted by molar-refractivity contribution is -0.142. The smallest absolute Gasteiger partial charge is 0.367 e. The Morgan fingerprint density at radius 2 is 1.67 bits per heavy atom. The molecule has 0 aliphatic heterocycles. The van der Waals surface area contributed by atoms with Crippen molar-refractivity contribution in [2.24, 2.45) is 0 Å². The second-order valence-electron chi connectivity index (χ2n) is 3.36. The number of alkyl halides is 3. The molecule has 0 aliphatic rings. The molecule has 3 nitrogen and oxygen atoms in total. The van der Waals surface area contributed by atoms with Gasteiger partial charge in [-0.1, -0.05) is 34.4 Å². The number of halogens is 5. The fourth-order valence-corrected chi connectivity index (χ4v) is 2.06. The van der Waals surface area contributed by atoms with Crippen LogP contribution in [-0.2, 0) is 6.18 Å². The molecule has 2 aromatic rings. The molecule has 18 heavy (non-hydrogen) atoms. The average Bonchev–Trinajstić information content (AvgIpc) is 2.60. The molecule has 1 heterocycles. The molecule has 1 aromatic carbocycles. The van der Waals surface area contributed by atoms with E-state index < -0.39 is 23.3 Å². The van der Waals surface area contributed by atoms with E-state index in [9.17, 15) is 13.2 Å². The van der Waals surface area contributed by atoms with Crippen LogP contribution in [0.1, 0.15) is 5.69 Å². The third kappa shape index (κ3) is 2.13. The minimum Gasteiger partial charge on any atom is -0.367 e. The highest BCUT2D eigenvalue weighted by Gasteiger charge is 2.40. The summed E-state index contributed by atoms with van der Waals surface area (Å²) in [6, 6.07) is 4.30. The van der Waals surface area contributed by atoms with Crippen LogP contribution in [0.15, 0.2) is 22.7 Å². The predicted octanol–water partition coefficient (Wildman–Crippen LogP) is 4.25. The van der Waals surface area contributed by atoms with Gasteiger partial charge in [-0.15, -0.1) is 0 Å². The van der Waals surface area contributed by atoms with Crippen molar-refractivity contribution >= 4 is 29.1 Å². The summed E-state index contributed by atoms with van der Waals surface area (Å²) in [6.45, 7) is 0. The fraction of sp³-hybridized carbons (Fsp3) is 0.100. The van der Waals surface area contributed by atoms with Gasteiger partial charge in [0.05, 0.1) is 15.6 Å². The first-order chi connectivity index (χ1) is 8.32. The van der Waals surface area contributed by atoms with Crippen LogP contribution in [0, 0.1) is 0 Å². The molecule has 2 N–H and O–H groups in total. The van der Waals surface area contributed by atoms with Gasteiger partial charge >= 0.3 is 6.18 Å². The molecule has 0 fully saturated rings. The molecule has 0 spiro atoms. The van der Waals surface area contributed by atoms with E-state index in [1.54, 1.807) is 0 Å². The van der Waals surface area contributed by atoms with Crippen LogP contribution >= 0.6 is 23.2 Å². The van der Waals surface area contributed by atoms with Crippen LogP contribution in [0.25, 0.3) is 11.1 Å². The fourth-order valence-electron chi connectivity index (χ4n) is 1.47. The lowest BCUT2D eigenvalue weighted by atomic mass is 10.1. The van der Waals surface area contributed by atoms with Gasteiger partial charge in [-0.3, -0.25) is 0 Å². The maximum atomic E-state index is 12.7. The topological polar surface area (TPSA) is 52.0 Å². The Bertz CT molecular complexity index is 575. The van der Waals surface area contributed by atoms with Crippen molar-refractivity contribution in [2.45, 2.75) is 6.18 Å². The highest BCUT2D eigenvalue weighted by Crippen LogP contribution is 2.44. The first-order valence-electron chi connectivity index (χ1n) is 4.59. The number of hydrogen-bond donors (Lipinski definition) is 1. The quantitative estimate of drug-likeness (QED) is 0.856. The summed E-state index contributed by atoms with van der Waals surface area (Å²) >= 11 is 11.7. The van der Waals surface area contributed by atoms with E-state index in [1.165, 1.54) is 18.2 Å². The van der Waals surface area contributed by atoms with Crippen LogP contribution in [0.2, 0.25) is 10.0 Å². The summed E-state index contributed by atoms with van der Waals surface area (Å²) < 4.78 is 42.6. The molecule has 0 unspecified atom stereocenters. The summed E-state index contributed by atoms with van der Waals surface area (Å²) in [5, 5.41) is 2.96. The largest absolute Gasteiger partial charge is 0.437 e. The zero-order valence-electron chi connectivity index (χ0n) is 8.55. The Morgan fingerprint density at radius 1 is 1.11 bits per heavy atom.